The summed E-state index contributed by atoms with van der Waals surface area (Å²) in [6, 6.07) is 16.4. The number of rotatable bonds is 5. The monoisotopic (exact) mass is 386 g/mol. The molecule has 1 N–H and O–H groups in total. The van der Waals surface area contributed by atoms with Crippen LogP contribution < -0.4 is 10.2 Å². The van der Waals surface area contributed by atoms with E-state index in [0.717, 1.165) is 11.6 Å². The molecule has 0 saturated carbocycles. The highest BCUT2D eigenvalue weighted by molar-refractivity contribution is 5.99. The Labute approximate surface area is 159 Å². The summed E-state index contributed by atoms with van der Waals surface area (Å²) in [7, 11) is 1.56. The van der Waals surface area contributed by atoms with Crippen molar-refractivity contribution in [1.29, 1.82) is 0 Å². The Kier molecular flexibility index (Phi) is 5.58. The zero-order valence-corrected chi connectivity index (χ0v) is 15.2. The van der Waals surface area contributed by atoms with E-state index in [1.165, 1.54) is 0 Å². The van der Waals surface area contributed by atoms with Gasteiger partial charge in [0.2, 0.25) is 0 Å². The third kappa shape index (κ3) is 4.64. The Morgan fingerprint density at radius 1 is 1.00 bits per heavy atom. The molecule has 0 amide bonds. The molecule has 0 aliphatic rings. The van der Waals surface area contributed by atoms with Crippen LogP contribution in [-0.4, -0.2) is 22.8 Å². The van der Waals surface area contributed by atoms with Crippen molar-refractivity contribution < 1.29 is 17.9 Å². The van der Waals surface area contributed by atoms with Gasteiger partial charge in [0, 0.05) is 11.6 Å². The molecule has 0 spiro atoms. The average molecular weight is 386 g/mol. The molecular formula is C20H17F3N4O. The average Bonchev–Trinajstić information content (AvgIpc) is 2.72. The molecular weight excluding hydrogens is 369 g/mol. The summed E-state index contributed by atoms with van der Waals surface area (Å²) >= 11 is 0. The molecule has 0 unspecified atom stereocenters. The first-order valence-electron chi connectivity index (χ1n) is 8.33. The van der Waals surface area contributed by atoms with Crippen LogP contribution in [0.4, 0.5) is 19.0 Å². The predicted octanol–water partition coefficient (Wildman–Crippen LogP) is 5.01. The van der Waals surface area contributed by atoms with E-state index in [2.05, 4.69) is 20.5 Å². The standard InChI is InChI=1S/C20H17F3N4O/c1-13(14-8-10-16(28-2)11-9-14)26-27-18-12-17(20(21,22)23)24-19(25-18)15-6-4-3-5-7-15/h3-12H,1-2H3,(H,24,25,27)/b26-13+. The number of alkyl halides is 3. The summed E-state index contributed by atoms with van der Waals surface area (Å²) in [4.78, 5) is 7.80. The van der Waals surface area contributed by atoms with Gasteiger partial charge in [0.1, 0.15) is 5.75 Å². The number of methoxy groups -OCH3 is 1. The van der Waals surface area contributed by atoms with E-state index in [1.54, 1.807) is 68.6 Å². The normalized spacial score (nSPS) is 12.0. The molecule has 5 nitrogen and oxygen atoms in total. The largest absolute Gasteiger partial charge is 0.497 e. The topological polar surface area (TPSA) is 59.4 Å². The Morgan fingerprint density at radius 2 is 1.68 bits per heavy atom. The van der Waals surface area contributed by atoms with Crippen LogP contribution in [0.1, 0.15) is 18.2 Å². The highest BCUT2D eigenvalue weighted by atomic mass is 19.4. The molecule has 0 atom stereocenters. The van der Waals surface area contributed by atoms with Crippen molar-refractivity contribution in [3.63, 3.8) is 0 Å². The van der Waals surface area contributed by atoms with Gasteiger partial charge >= 0.3 is 6.18 Å². The summed E-state index contributed by atoms with van der Waals surface area (Å²) in [6.45, 7) is 1.73. The molecule has 0 saturated heterocycles. The SMILES string of the molecule is COc1ccc(/C(C)=N/Nc2cc(C(F)(F)F)nc(-c3ccccc3)n2)cc1. The van der Waals surface area contributed by atoms with Crippen LogP contribution in [0.3, 0.4) is 0 Å². The molecule has 0 bridgehead atoms. The second-order valence-corrected chi connectivity index (χ2v) is 5.86. The lowest BCUT2D eigenvalue weighted by Gasteiger charge is -2.11. The van der Waals surface area contributed by atoms with Crippen molar-refractivity contribution in [3.8, 4) is 17.1 Å². The molecule has 1 aromatic heterocycles. The third-order valence-corrected chi connectivity index (χ3v) is 3.89. The van der Waals surface area contributed by atoms with Crippen LogP contribution in [0, 0.1) is 0 Å². The summed E-state index contributed by atoms with van der Waals surface area (Å²) in [6.07, 6.45) is -4.60. The summed E-state index contributed by atoms with van der Waals surface area (Å²) in [5, 5.41) is 4.15. The van der Waals surface area contributed by atoms with E-state index in [4.69, 9.17) is 4.74 Å². The van der Waals surface area contributed by atoms with Gasteiger partial charge in [-0.3, -0.25) is 5.43 Å². The molecule has 2 aromatic carbocycles. The van der Waals surface area contributed by atoms with Gasteiger partial charge in [0.05, 0.1) is 12.8 Å². The number of ether oxygens (including phenoxy) is 1. The van der Waals surface area contributed by atoms with E-state index in [-0.39, 0.29) is 11.6 Å². The van der Waals surface area contributed by atoms with Gasteiger partial charge in [-0.2, -0.15) is 18.3 Å². The van der Waals surface area contributed by atoms with Gasteiger partial charge in [0.15, 0.2) is 17.3 Å². The molecule has 144 valence electrons. The fourth-order valence-electron chi connectivity index (χ4n) is 2.40. The van der Waals surface area contributed by atoms with Gasteiger partial charge in [-0.1, -0.05) is 30.3 Å². The van der Waals surface area contributed by atoms with Gasteiger partial charge < -0.3 is 4.74 Å². The van der Waals surface area contributed by atoms with E-state index >= 15 is 0 Å². The molecule has 8 heteroatoms. The minimum Gasteiger partial charge on any atom is -0.497 e. The minimum atomic E-state index is -4.60. The number of anilines is 1. The summed E-state index contributed by atoms with van der Waals surface area (Å²) < 4.78 is 44.8. The van der Waals surface area contributed by atoms with Crippen molar-refractivity contribution in [3.05, 3.63) is 71.9 Å². The van der Waals surface area contributed by atoms with Crippen LogP contribution in [0.15, 0.2) is 65.8 Å². The lowest BCUT2D eigenvalue weighted by atomic mass is 10.1. The molecule has 0 aliphatic heterocycles. The fraction of sp³-hybridized carbons (Fsp3) is 0.150. The first-order chi connectivity index (χ1) is 13.4. The van der Waals surface area contributed by atoms with Crippen molar-refractivity contribution in [2.75, 3.05) is 12.5 Å². The summed E-state index contributed by atoms with van der Waals surface area (Å²) in [5.74, 6) is 0.617. The van der Waals surface area contributed by atoms with Crippen molar-refractivity contribution >= 4 is 11.5 Å². The Morgan fingerprint density at radius 3 is 2.29 bits per heavy atom. The lowest BCUT2D eigenvalue weighted by molar-refractivity contribution is -0.141. The van der Waals surface area contributed by atoms with Gasteiger partial charge in [-0.05, 0) is 36.8 Å². The lowest BCUT2D eigenvalue weighted by Crippen LogP contribution is -2.11. The fourth-order valence-corrected chi connectivity index (χ4v) is 2.40. The number of nitrogens with zero attached hydrogens (tertiary/aromatic N) is 3. The first kappa shape index (κ1) is 19.3. The second kappa shape index (κ2) is 8.08. The number of nitrogens with one attached hydrogen (secondary N) is 1. The maximum absolute atomic E-state index is 13.2. The highest BCUT2D eigenvalue weighted by Crippen LogP contribution is 2.30. The van der Waals surface area contributed by atoms with Gasteiger partial charge in [0.25, 0.3) is 0 Å². The Bertz CT molecular complexity index is 971. The molecule has 1 heterocycles. The number of hydrogen-bond donors (Lipinski definition) is 1. The van der Waals surface area contributed by atoms with Crippen LogP contribution in [0.5, 0.6) is 5.75 Å². The van der Waals surface area contributed by atoms with Crippen molar-refractivity contribution in [2.24, 2.45) is 5.10 Å². The van der Waals surface area contributed by atoms with Gasteiger partial charge in [-0.25, -0.2) is 9.97 Å². The van der Waals surface area contributed by atoms with E-state index < -0.39 is 11.9 Å². The molecule has 0 radical (unpaired) electrons. The number of aromatic nitrogens is 2. The smallest absolute Gasteiger partial charge is 0.433 e. The maximum Gasteiger partial charge on any atom is 0.433 e. The predicted molar refractivity (Wildman–Crippen MR) is 101 cm³/mol. The van der Waals surface area contributed by atoms with Gasteiger partial charge in [-0.15, -0.1) is 0 Å². The Hall–Kier alpha value is -3.42. The zero-order valence-electron chi connectivity index (χ0n) is 15.2. The summed E-state index contributed by atoms with van der Waals surface area (Å²) in [5.41, 5.74) is 3.41. The van der Waals surface area contributed by atoms with Crippen LogP contribution in [0.2, 0.25) is 0 Å². The molecule has 3 rings (SSSR count). The van der Waals surface area contributed by atoms with Crippen LogP contribution >= 0.6 is 0 Å². The Balaban J connectivity index is 1.92. The van der Waals surface area contributed by atoms with Crippen molar-refractivity contribution in [2.45, 2.75) is 13.1 Å². The van der Waals surface area contributed by atoms with E-state index in [1.807, 2.05) is 0 Å². The number of hydrazone groups is 1. The quantitative estimate of drug-likeness (QED) is 0.495. The molecule has 0 aliphatic carbocycles. The van der Waals surface area contributed by atoms with E-state index in [9.17, 15) is 13.2 Å². The minimum absolute atomic E-state index is 0.0322. The number of halogens is 3. The number of benzene rings is 2. The second-order valence-electron chi connectivity index (χ2n) is 5.86. The first-order valence-corrected chi connectivity index (χ1v) is 8.33. The number of hydrogen-bond acceptors (Lipinski definition) is 5. The zero-order chi connectivity index (χ0) is 20.1. The third-order valence-electron chi connectivity index (χ3n) is 3.89. The van der Waals surface area contributed by atoms with E-state index in [0.29, 0.717) is 17.0 Å². The van der Waals surface area contributed by atoms with Crippen LogP contribution in [-0.2, 0) is 6.18 Å². The molecule has 0 fully saturated rings. The molecule has 3 aromatic rings. The molecule has 28 heavy (non-hydrogen) atoms. The van der Waals surface area contributed by atoms with Crippen LogP contribution in [0.25, 0.3) is 11.4 Å². The maximum atomic E-state index is 13.2. The highest BCUT2D eigenvalue weighted by Gasteiger charge is 2.33. The van der Waals surface area contributed by atoms with Crippen molar-refractivity contribution in [1.82, 2.24) is 9.97 Å².